The van der Waals surface area contributed by atoms with Crippen molar-refractivity contribution in [1.82, 2.24) is 0 Å². The summed E-state index contributed by atoms with van der Waals surface area (Å²) in [6.45, 7) is 12.8. The largest absolute Gasteiger partial charge is 0.289 e. The first-order valence-electron chi connectivity index (χ1n) is 7.57. The minimum Gasteiger partial charge on any atom is -0.289 e. The summed E-state index contributed by atoms with van der Waals surface area (Å²) >= 11 is 0. The van der Waals surface area contributed by atoms with E-state index in [1.54, 1.807) is 0 Å². The van der Waals surface area contributed by atoms with Gasteiger partial charge in [0, 0.05) is 11.1 Å². The maximum absolute atomic E-state index is 12.9. The van der Waals surface area contributed by atoms with Gasteiger partial charge < -0.3 is 0 Å². The molecule has 0 aromatic heterocycles. The number of ketones is 1. The number of fused-ring (bicyclic) bond motifs is 2. The topological polar surface area (TPSA) is 17.1 Å². The maximum Gasteiger partial charge on any atom is 0.193 e. The van der Waals surface area contributed by atoms with Crippen LogP contribution >= 0.6 is 0 Å². The molecule has 1 aliphatic rings. The summed E-state index contributed by atoms with van der Waals surface area (Å²) < 4.78 is 0. The van der Waals surface area contributed by atoms with Crippen LogP contribution in [0.25, 0.3) is 0 Å². The Morgan fingerprint density at radius 3 is 1.43 bits per heavy atom. The summed E-state index contributed by atoms with van der Waals surface area (Å²) in [5.74, 6) is 0.198. The Kier molecular flexibility index (Phi) is 3.05. The summed E-state index contributed by atoms with van der Waals surface area (Å²) in [6.07, 6.45) is 0.885. The highest BCUT2D eigenvalue weighted by Gasteiger charge is 2.27. The number of aryl methyl sites for hydroxylation is 2. The van der Waals surface area contributed by atoms with Crippen molar-refractivity contribution in [2.45, 2.75) is 48.0 Å². The van der Waals surface area contributed by atoms with Gasteiger partial charge in [-0.2, -0.15) is 0 Å². The molecule has 0 bridgehead atoms. The van der Waals surface area contributed by atoms with E-state index in [-0.39, 0.29) is 5.78 Å². The molecule has 0 saturated carbocycles. The zero-order valence-electron chi connectivity index (χ0n) is 13.8. The molecule has 0 atom stereocenters. The quantitative estimate of drug-likeness (QED) is 0.584. The first kappa shape index (κ1) is 14.1. The number of carbonyl (C=O) groups excluding carboxylic acids is 1. The van der Waals surface area contributed by atoms with Crippen LogP contribution in [0.15, 0.2) is 12.1 Å². The van der Waals surface area contributed by atoms with Gasteiger partial charge in [0.2, 0.25) is 0 Å². The van der Waals surface area contributed by atoms with E-state index in [0.717, 1.165) is 17.5 Å². The third-order valence-electron chi connectivity index (χ3n) is 5.43. The summed E-state index contributed by atoms with van der Waals surface area (Å²) in [5, 5.41) is 0. The summed E-state index contributed by atoms with van der Waals surface area (Å²) in [4.78, 5) is 12.9. The molecule has 2 aromatic carbocycles. The van der Waals surface area contributed by atoms with Gasteiger partial charge in [-0.25, -0.2) is 0 Å². The van der Waals surface area contributed by atoms with E-state index in [2.05, 4.69) is 53.7 Å². The molecule has 21 heavy (non-hydrogen) atoms. The van der Waals surface area contributed by atoms with Gasteiger partial charge in [0.25, 0.3) is 0 Å². The van der Waals surface area contributed by atoms with E-state index < -0.39 is 0 Å². The minimum absolute atomic E-state index is 0.198. The van der Waals surface area contributed by atoms with E-state index in [1.165, 1.54) is 44.5 Å². The van der Waals surface area contributed by atoms with Gasteiger partial charge in [-0.3, -0.25) is 4.79 Å². The molecule has 2 aromatic rings. The number of hydrogen-bond acceptors (Lipinski definition) is 1. The SMILES string of the molecule is Cc1cc2c(c(C)c1C)Cc1c(cc(C)c(C)c1C)C2=O. The molecule has 0 saturated heterocycles. The Hall–Kier alpha value is -1.89. The minimum atomic E-state index is 0.198. The van der Waals surface area contributed by atoms with Crippen LogP contribution in [0.4, 0.5) is 0 Å². The molecule has 1 heteroatoms. The van der Waals surface area contributed by atoms with Gasteiger partial charge in [-0.15, -0.1) is 0 Å². The van der Waals surface area contributed by atoms with Crippen molar-refractivity contribution in [2.24, 2.45) is 0 Å². The Labute approximate surface area is 127 Å². The van der Waals surface area contributed by atoms with E-state index >= 15 is 0 Å². The van der Waals surface area contributed by atoms with E-state index in [0.29, 0.717) is 0 Å². The van der Waals surface area contributed by atoms with Crippen LogP contribution in [-0.2, 0) is 6.42 Å². The van der Waals surface area contributed by atoms with Crippen molar-refractivity contribution in [3.8, 4) is 0 Å². The molecule has 0 aliphatic heterocycles. The van der Waals surface area contributed by atoms with Crippen LogP contribution in [0.1, 0.15) is 60.4 Å². The van der Waals surface area contributed by atoms with Crippen molar-refractivity contribution in [1.29, 1.82) is 0 Å². The second-order valence-electron chi connectivity index (χ2n) is 6.45. The fourth-order valence-electron chi connectivity index (χ4n) is 3.45. The van der Waals surface area contributed by atoms with Crippen molar-refractivity contribution in [3.63, 3.8) is 0 Å². The molecule has 0 radical (unpaired) electrons. The van der Waals surface area contributed by atoms with E-state index in [1.807, 2.05) is 0 Å². The molecule has 1 aliphatic carbocycles. The molecule has 0 unspecified atom stereocenters. The zero-order chi connectivity index (χ0) is 15.5. The predicted molar refractivity (Wildman–Crippen MR) is 87.5 cm³/mol. The Morgan fingerprint density at radius 2 is 1.05 bits per heavy atom. The average Bonchev–Trinajstić information content (AvgIpc) is 2.45. The molecular weight excluding hydrogens is 256 g/mol. The van der Waals surface area contributed by atoms with E-state index in [4.69, 9.17) is 0 Å². The molecule has 0 N–H and O–H groups in total. The molecule has 3 rings (SSSR count). The number of hydrogen-bond donors (Lipinski definition) is 0. The van der Waals surface area contributed by atoms with Gasteiger partial charge in [-0.1, -0.05) is 0 Å². The average molecular weight is 278 g/mol. The van der Waals surface area contributed by atoms with Gasteiger partial charge in [-0.05, 0) is 105 Å². The summed E-state index contributed by atoms with van der Waals surface area (Å²) in [7, 11) is 0. The Balaban J connectivity index is 2.33. The maximum atomic E-state index is 12.9. The highest BCUT2D eigenvalue weighted by atomic mass is 16.1. The third-order valence-corrected chi connectivity index (χ3v) is 5.43. The number of benzene rings is 2. The molecule has 1 nitrogen and oxygen atoms in total. The number of rotatable bonds is 0. The van der Waals surface area contributed by atoms with Crippen molar-refractivity contribution in [3.05, 3.63) is 67.8 Å². The summed E-state index contributed by atoms with van der Waals surface area (Å²) in [6, 6.07) is 4.15. The van der Waals surface area contributed by atoms with Crippen molar-refractivity contribution >= 4 is 5.78 Å². The van der Waals surface area contributed by atoms with E-state index in [9.17, 15) is 4.79 Å². The second kappa shape index (κ2) is 4.56. The lowest BCUT2D eigenvalue weighted by molar-refractivity contribution is 0.103. The molecule has 0 spiro atoms. The highest BCUT2D eigenvalue weighted by Crippen LogP contribution is 2.35. The van der Waals surface area contributed by atoms with Crippen LogP contribution < -0.4 is 0 Å². The fourth-order valence-corrected chi connectivity index (χ4v) is 3.45. The lowest BCUT2D eigenvalue weighted by Crippen LogP contribution is -2.19. The molecule has 108 valence electrons. The standard InChI is InChI=1S/C20H22O/c1-10-7-18-16(14(5)12(10)3)9-17-15(6)13(4)11(2)8-19(17)20(18)21/h7-8H,9H2,1-6H3. The first-order chi connectivity index (χ1) is 9.82. The number of carbonyl (C=O) groups is 1. The van der Waals surface area contributed by atoms with Crippen LogP contribution in [0.2, 0.25) is 0 Å². The Morgan fingerprint density at radius 1 is 0.667 bits per heavy atom. The van der Waals surface area contributed by atoms with Crippen LogP contribution in [-0.4, -0.2) is 5.78 Å². The monoisotopic (exact) mass is 278 g/mol. The lowest BCUT2D eigenvalue weighted by atomic mass is 9.77. The van der Waals surface area contributed by atoms with Crippen LogP contribution in [0.3, 0.4) is 0 Å². The third kappa shape index (κ3) is 1.87. The second-order valence-corrected chi connectivity index (χ2v) is 6.45. The Bertz CT molecular complexity index is 729. The smallest absolute Gasteiger partial charge is 0.193 e. The first-order valence-corrected chi connectivity index (χ1v) is 7.57. The van der Waals surface area contributed by atoms with Crippen molar-refractivity contribution in [2.75, 3.05) is 0 Å². The normalized spacial score (nSPS) is 13.1. The van der Waals surface area contributed by atoms with Gasteiger partial charge >= 0.3 is 0 Å². The molecular formula is C20H22O. The van der Waals surface area contributed by atoms with Crippen LogP contribution in [0, 0.1) is 41.5 Å². The lowest BCUT2D eigenvalue weighted by Gasteiger charge is -2.25. The van der Waals surface area contributed by atoms with Crippen molar-refractivity contribution < 1.29 is 4.79 Å². The summed E-state index contributed by atoms with van der Waals surface area (Å²) in [5.41, 5.74) is 11.9. The van der Waals surface area contributed by atoms with Crippen LogP contribution in [0.5, 0.6) is 0 Å². The fraction of sp³-hybridized carbons (Fsp3) is 0.350. The molecule has 0 amide bonds. The van der Waals surface area contributed by atoms with Gasteiger partial charge in [0.1, 0.15) is 0 Å². The van der Waals surface area contributed by atoms with Gasteiger partial charge in [0.05, 0.1) is 0 Å². The zero-order valence-corrected chi connectivity index (χ0v) is 13.8. The van der Waals surface area contributed by atoms with Gasteiger partial charge in [0.15, 0.2) is 5.78 Å². The molecule has 0 fully saturated rings. The predicted octanol–water partition coefficient (Wildman–Crippen LogP) is 4.67. The molecule has 0 heterocycles. The highest BCUT2D eigenvalue weighted by molar-refractivity contribution is 6.13.